The van der Waals surface area contributed by atoms with Crippen molar-refractivity contribution >= 4 is 33.6 Å². The van der Waals surface area contributed by atoms with E-state index in [0.29, 0.717) is 23.0 Å². The van der Waals surface area contributed by atoms with Gasteiger partial charge in [0.15, 0.2) is 0 Å². The number of hydrogen-bond donors (Lipinski definition) is 3. The van der Waals surface area contributed by atoms with Crippen LogP contribution in [0.25, 0.3) is 0 Å². The van der Waals surface area contributed by atoms with Crippen molar-refractivity contribution < 1.29 is 32.3 Å². The molecule has 0 aliphatic carbocycles. The van der Waals surface area contributed by atoms with Crippen LogP contribution >= 0.6 is 0 Å². The number of aromatic nitrogens is 1. The minimum absolute atomic E-state index is 0.0650. The van der Waals surface area contributed by atoms with Crippen LogP contribution in [-0.4, -0.2) is 71.9 Å². The summed E-state index contributed by atoms with van der Waals surface area (Å²) in [6, 6.07) is 5.50. The highest BCUT2D eigenvalue weighted by molar-refractivity contribution is 7.89. The van der Waals surface area contributed by atoms with Crippen LogP contribution in [0.3, 0.4) is 0 Å². The van der Waals surface area contributed by atoms with Crippen molar-refractivity contribution in [3.8, 4) is 0 Å². The van der Waals surface area contributed by atoms with Gasteiger partial charge in [-0.25, -0.2) is 22.7 Å². The van der Waals surface area contributed by atoms with Gasteiger partial charge in [0.1, 0.15) is 5.82 Å². The van der Waals surface area contributed by atoms with E-state index in [2.05, 4.69) is 10.3 Å². The molecule has 3 amide bonds. The van der Waals surface area contributed by atoms with Crippen molar-refractivity contribution in [1.82, 2.24) is 14.8 Å². The fraction of sp³-hybridized carbons (Fsp3) is 0.360. The van der Waals surface area contributed by atoms with E-state index >= 15 is 0 Å². The van der Waals surface area contributed by atoms with Gasteiger partial charge < -0.3 is 20.2 Å². The normalized spacial score (nSPS) is 17.6. The molecular formula is C25H28FN5O6S. The lowest BCUT2D eigenvalue weighted by atomic mass is 9.95. The van der Waals surface area contributed by atoms with E-state index in [0.717, 1.165) is 17.7 Å². The van der Waals surface area contributed by atoms with Gasteiger partial charge in [-0.1, -0.05) is 20.8 Å². The van der Waals surface area contributed by atoms with E-state index in [9.17, 15) is 32.3 Å². The lowest BCUT2D eigenvalue weighted by Gasteiger charge is -2.30. The van der Waals surface area contributed by atoms with E-state index in [1.807, 2.05) is 0 Å². The highest BCUT2D eigenvalue weighted by Gasteiger charge is 2.42. The summed E-state index contributed by atoms with van der Waals surface area (Å²) in [7, 11) is -4.17. The monoisotopic (exact) mass is 545 g/mol. The fourth-order valence-corrected chi connectivity index (χ4v) is 5.02. The van der Waals surface area contributed by atoms with Crippen LogP contribution in [0.15, 0.2) is 52.6 Å². The number of carbonyl (C=O) groups excluding carboxylic acids is 2. The summed E-state index contributed by atoms with van der Waals surface area (Å²) in [4.78, 5) is 44.4. The molecule has 1 aromatic carbocycles. The number of amides is 3. The van der Waals surface area contributed by atoms with E-state index in [1.165, 1.54) is 9.80 Å². The Morgan fingerprint density at radius 2 is 1.89 bits per heavy atom. The number of carboxylic acid groups (broad SMARTS) is 1. The first kappa shape index (κ1) is 27.2. The summed E-state index contributed by atoms with van der Waals surface area (Å²) in [5.74, 6) is -1.97. The minimum atomic E-state index is -4.17. The Kier molecular flexibility index (Phi) is 7.01. The molecule has 4 N–H and O–H groups in total. The van der Waals surface area contributed by atoms with Crippen LogP contribution in [0.1, 0.15) is 36.8 Å². The lowest BCUT2D eigenvalue weighted by Crippen LogP contribution is -2.43. The predicted octanol–water partition coefficient (Wildman–Crippen LogP) is 2.21. The first-order valence-corrected chi connectivity index (χ1v) is 13.3. The molecule has 4 rings (SSSR count). The van der Waals surface area contributed by atoms with Crippen molar-refractivity contribution in [2.45, 2.75) is 38.1 Å². The molecule has 1 unspecified atom stereocenters. The summed E-state index contributed by atoms with van der Waals surface area (Å²) >= 11 is 0. The van der Waals surface area contributed by atoms with Gasteiger partial charge in [-0.05, 0) is 41.5 Å². The molecule has 38 heavy (non-hydrogen) atoms. The number of anilines is 1. The highest BCUT2D eigenvalue weighted by Crippen LogP contribution is 2.35. The van der Waals surface area contributed by atoms with Crippen molar-refractivity contribution in [1.29, 1.82) is 0 Å². The molecule has 11 nitrogen and oxygen atoms in total. The average molecular weight is 546 g/mol. The largest absolute Gasteiger partial charge is 0.465 e. The first-order chi connectivity index (χ1) is 17.7. The Morgan fingerprint density at radius 1 is 1.18 bits per heavy atom. The molecule has 0 bridgehead atoms. The maximum Gasteiger partial charge on any atom is 0.407 e. The van der Waals surface area contributed by atoms with E-state index in [1.54, 1.807) is 39.1 Å². The SMILES string of the molecule is CC(C)(C)C(=O)Nc1cccnc1CC1C2=C(CN(C(=O)O)C2)CN1C(=O)c1ccc(S(N)(=O)=O)cc1F. The molecule has 0 spiro atoms. The number of pyridine rings is 1. The second-order valence-electron chi connectivity index (χ2n) is 10.3. The summed E-state index contributed by atoms with van der Waals surface area (Å²) < 4.78 is 38.1. The summed E-state index contributed by atoms with van der Waals surface area (Å²) in [5.41, 5.74) is 1.34. The molecule has 1 atom stereocenters. The minimum Gasteiger partial charge on any atom is -0.465 e. The van der Waals surface area contributed by atoms with Gasteiger partial charge in [-0.2, -0.15) is 0 Å². The molecule has 0 radical (unpaired) electrons. The molecule has 1 aromatic heterocycles. The van der Waals surface area contributed by atoms with Crippen molar-refractivity contribution in [3.63, 3.8) is 0 Å². The van der Waals surface area contributed by atoms with Crippen LogP contribution in [-0.2, 0) is 21.2 Å². The molecule has 0 saturated carbocycles. The molecule has 2 aliphatic rings. The topological polar surface area (TPSA) is 163 Å². The first-order valence-electron chi connectivity index (χ1n) is 11.7. The third-order valence-electron chi connectivity index (χ3n) is 6.57. The van der Waals surface area contributed by atoms with Gasteiger partial charge in [0.25, 0.3) is 5.91 Å². The summed E-state index contributed by atoms with van der Waals surface area (Å²) in [6.07, 6.45) is 0.578. The second kappa shape index (κ2) is 9.80. The second-order valence-corrected chi connectivity index (χ2v) is 11.9. The number of rotatable bonds is 5. The summed E-state index contributed by atoms with van der Waals surface area (Å²) in [6.45, 7) is 5.54. The maximum atomic E-state index is 14.9. The third-order valence-corrected chi connectivity index (χ3v) is 7.48. The molecule has 0 saturated heterocycles. The van der Waals surface area contributed by atoms with Gasteiger partial charge in [-0.15, -0.1) is 0 Å². The Labute approximate surface area is 219 Å². The van der Waals surface area contributed by atoms with Crippen molar-refractivity contribution in [2.24, 2.45) is 10.6 Å². The highest BCUT2D eigenvalue weighted by atomic mass is 32.2. The van der Waals surface area contributed by atoms with E-state index < -0.39 is 44.2 Å². The fourth-order valence-electron chi connectivity index (χ4n) is 4.49. The zero-order chi connectivity index (χ0) is 28.0. The van der Waals surface area contributed by atoms with Crippen LogP contribution in [0, 0.1) is 11.2 Å². The lowest BCUT2D eigenvalue weighted by molar-refractivity contribution is -0.123. The number of halogens is 1. The molecule has 3 heterocycles. The number of benzene rings is 1. The number of carbonyl (C=O) groups is 3. The number of primary sulfonamides is 1. The average Bonchev–Trinajstić information content (AvgIpc) is 3.38. The quantitative estimate of drug-likeness (QED) is 0.485. The molecular weight excluding hydrogens is 517 g/mol. The Balaban J connectivity index is 1.68. The Hall–Kier alpha value is -3.84. The maximum absolute atomic E-state index is 14.9. The molecule has 2 aromatic rings. The molecule has 2 aliphatic heterocycles. The smallest absolute Gasteiger partial charge is 0.407 e. The zero-order valence-electron chi connectivity index (χ0n) is 21.1. The van der Waals surface area contributed by atoms with Gasteiger partial charge in [0.05, 0.1) is 27.9 Å². The molecule has 0 fully saturated rings. The van der Waals surface area contributed by atoms with Crippen LogP contribution in [0.5, 0.6) is 0 Å². The van der Waals surface area contributed by atoms with Crippen LogP contribution < -0.4 is 10.5 Å². The van der Waals surface area contributed by atoms with Crippen molar-refractivity contribution in [3.05, 3.63) is 64.7 Å². The predicted molar refractivity (Wildman–Crippen MR) is 135 cm³/mol. The number of nitrogens with two attached hydrogens (primary N) is 1. The van der Waals surface area contributed by atoms with Gasteiger partial charge in [-0.3, -0.25) is 14.6 Å². The summed E-state index contributed by atoms with van der Waals surface area (Å²) in [5, 5.41) is 17.4. The third kappa shape index (κ3) is 5.38. The van der Waals surface area contributed by atoms with Crippen LogP contribution in [0.2, 0.25) is 0 Å². The number of nitrogens with one attached hydrogen (secondary N) is 1. The zero-order valence-corrected chi connectivity index (χ0v) is 21.9. The van der Waals surface area contributed by atoms with Gasteiger partial charge in [0.2, 0.25) is 15.9 Å². The Bertz CT molecular complexity index is 1470. The van der Waals surface area contributed by atoms with Crippen LogP contribution in [0.4, 0.5) is 14.9 Å². The number of hydrogen-bond acceptors (Lipinski definition) is 6. The Morgan fingerprint density at radius 3 is 2.50 bits per heavy atom. The van der Waals surface area contributed by atoms with Crippen molar-refractivity contribution in [2.75, 3.05) is 25.0 Å². The van der Waals surface area contributed by atoms with E-state index in [4.69, 9.17) is 5.14 Å². The van der Waals surface area contributed by atoms with Gasteiger partial charge in [0, 0.05) is 37.7 Å². The standard InChI is InChI=1S/C25H28FN5O6S/c1-25(2,3)23(33)29-19-5-4-8-28-20(19)10-21-17-13-30(24(34)35)11-14(17)12-31(21)22(32)16-7-6-15(9-18(16)26)38(27,36)37/h4-9,21H,10-13H2,1-3H3,(H,29,33)(H,34,35)(H2,27,36,37). The molecule has 202 valence electrons. The van der Waals surface area contributed by atoms with E-state index in [-0.39, 0.29) is 37.5 Å². The number of nitrogens with zero attached hydrogens (tertiary/aromatic N) is 3. The molecule has 13 heteroatoms. The number of sulfonamides is 1. The van der Waals surface area contributed by atoms with Gasteiger partial charge >= 0.3 is 6.09 Å².